The molecule has 16 heavy (non-hydrogen) atoms. The number of hydrogen-bond acceptors (Lipinski definition) is 3. The van der Waals surface area contributed by atoms with E-state index in [2.05, 4.69) is 0 Å². The maximum atomic E-state index is 11.5. The van der Waals surface area contributed by atoms with Gasteiger partial charge in [-0.15, -0.1) is 0 Å². The molecule has 0 aromatic heterocycles. The molecule has 1 heterocycles. The first-order valence-electron chi connectivity index (χ1n) is 5.26. The number of ether oxygens (including phenoxy) is 1. The summed E-state index contributed by atoms with van der Waals surface area (Å²) in [6.07, 6.45) is -1.63. The van der Waals surface area contributed by atoms with Crippen molar-refractivity contribution in [1.29, 1.82) is 0 Å². The van der Waals surface area contributed by atoms with Crippen LogP contribution in [0.3, 0.4) is 0 Å². The molecule has 1 aliphatic rings. The van der Waals surface area contributed by atoms with E-state index < -0.39 is 6.29 Å². The van der Waals surface area contributed by atoms with Gasteiger partial charge in [-0.05, 0) is 12.5 Å². The van der Waals surface area contributed by atoms with Gasteiger partial charge in [-0.2, -0.15) is 0 Å². The van der Waals surface area contributed by atoms with E-state index in [0.29, 0.717) is 0 Å². The van der Waals surface area contributed by atoms with Crippen molar-refractivity contribution in [3.05, 3.63) is 35.9 Å². The number of rotatable bonds is 1. The van der Waals surface area contributed by atoms with Crippen molar-refractivity contribution >= 4 is 5.91 Å². The second kappa shape index (κ2) is 4.23. The van der Waals surface area contributed by atoms with Crippen LogP contribution >= 0.6 is 0 Å². The first kappa shape index (κ1) is 11.1. The third-order valence-corrected chi connectivity index (χ3v) is 3.01. The molecule has 4 heteroatoms. The minimum Gasteiger partial charge on any atom is -0.360 e. The number of morpholine rings is 1. The molecule has 1 fully saturated rings. The Bertz CT molecular complexity index is 379. The number of carbonyl (C=O) groups excluding carboxylic acids is 1. The van der Waals surface area contributed by atoms with Gasteiger partial charge in [0.25, 0.3) is 5.91 Å². The van der Waals surface area contributed by atoms with Crippen LogP contribution in [0.2, 0.25) is 0 Å². The molecule has 4 nitrogen and oxygen atoms in total. The summed E-state index contributed by atoms with van der Waals surface area (Å²) < 4.78 is 5.33. The predicted octanol–water partition coefficient (Wildman–Crippen LogP) is 0.923. The molecule has 3 atom stereocenters. The minimum atomic E-state index is -1.36. The molecule has 1 saturated heterocycles. The quantitative estimate of drug-likeness (QED) is 0.767. The molecule has 1 N–H and O–H groups in total. The first-order chi connectivity index (χ1) is 7.61. The molecule has 86 valence electrons. The normalized spacial score (nSPS) is 30.6. The number of likely N-dealkylation sites (N-methyl/N-ethyl adjacent to an activating group) is 1. The lowest BCUT2D eigenvalue weighted by Gasteiger charge is -2.39. The van der Waals surface area contributed by atoms with Crippen molar-refractivity contribution in [3.8, 4) is 0 Å². The summed E-state index contributed by atoms with van der Waals surface area (Å²) in [6.45, 7) is 1.90. The Balaban J connectivity index is 2.26. The first-order valence-corrected chi connectivity index (χ1v) is 5.26. The number of aliphatic hydroxyl groups is 1. The number of nitrogens with zero attached hydrogens (tertiary/aromatic N) is 1. The Hall–Kier alpha value is -1.39. The minimum absolute atomic E-state index is 0.0849. The van der Waals surface area contributed by atoms with E-state index in [4.69, 9.17) is 4.74 Å². The van der Waals surface area contributed by atoms with Gasteiger partial charge in [-0.25, -0.2) is 0 Å². The van der Waals surface area contributed by atoms with Crippen LogP contribution in [-0.4, -0.2) is 35.3 Å². The van der Waals surface area contributed by atoms with Gasteiger partial charge < -0.3 is 14.7 Å². The topological polar surface area (TPSA) is 49.8 Å². The fourth-order valence-electron chi connectivity index (χ4n) is 1.89. The zero-order valence-electron chi connectivity index (χ0n) is 9.33. The molecule has 1 aromatic carbocycles. The van der Waals surface area contributed by atoms with Crippen molar-refractivity contribution in [3.63, 3.8) is 0 Å². The molecule has 0 unspecified atom stereocenters. The highest BCUT2D eigenvalue weighted by molar-refractivity contribution is 5.80. The van der Waals surface area contributed by atoms with E-state index in [1.54, 1.807) is 7.05 Å². The Morgan fingerprint density at radius 2 is 1.94 bits per heavy atom. The molecule has 0 saturated carbocycles. The van der Waals surface area contributed by atoms with Gasteiger partial charge >= 0.3 is 0 Å². The van der Waals surface area contributed by atoms with Crippen molar-refractivity contribution in [1.82, 2.24) is 4.90 Å². The van der Waals surface area contributed by atoms with Crippen LogP contribution < -0.4 is 0 Å². The maximum Gasteiger partial charge on any atom is 0.279 e. The monoisotopic (exact) mass is 221 g/mol. The van der Waals surface area contributed by atoms with E-state index >= 15 is 0 Å². The molecule has 1 amide bonds. The highest BCUT2D eigenvalue weighted by atomic mass is 16.6. The summed E-state index contributed by atoms with van der Waals surface area (Å²) in [4.78, 5) is 13.0. The third-order valence-electron chi connectivity index (χ3n) is 3.01. The summed E-state index contributed by atoms with van der Waals surface area (Å²) in [5.41, 5.74) is 0.966. The predicted molar refractivity (Wildman–Crippen MR) is 58.5 cm³/mol. The smallest absolute Gasteiger partial charge is 0.279 e. The highest BCUT2D eigenvalue weighted by Crippen LogP contribution is 2.29. The van der Waals surface area contributed by atoms with Gasteiger partial charge in [0.2, 0.25) is 6.29 Å². The van der Waals surface area contributed by atoms with Crippen LogP contribution in [0.4, 0.5) is 0 Å². The van der Waals surface area contributed by atoms with Gasteiger partial charge in [0.05, 0.1) is 6.04 Å². The number of amides is 1. The summed E-state index contributed by atoms with van der Waals surface area (Å²) in [5.74, 6) is -0.389. The van der Waals surface area contributed by atoms with Crippen molar-refractivity contribution in [2.24, 2.45) is 0 Å². The van der Waals surface area contributed by atoms with Crippen molar-refractivity contribution in [2.75, 3.05) is 7.05 Å². The van der Waals surface area contributed by atoms with E-state index in [9.17, 15) is 9.90 Å². The van der Waals surface area contributed by atoms with Crippen LogP contribution in [0, 0.1) is 0 Å². The zero-order valence-corrected chi connectivity index (χ0v) is 9.33. The highest BCUT2D eigenvalue weighted by Gasteiger charge is 2.37. The van der Waals surface area contributed by atoms with Crippen LogP contribution in [-0.2, 0) is 9.53 Å². The number of carbonyl (C=O) groups is 1. The Kier molecular flexibility index (Phi) is 2.94. The maximum absolute atomic E-state index is 11.5. The lowest BCUT2D eigenvalue weighted by atomic mass is 10.0. The summed E-state index contributed by atoms with van der Waals surface area (Å²) >= 11 is 0. The second-order valence-corrected chi connectivity index (χ2v) is 4.01. The van der Waals surface area contributed by atoms with Crippen LogP contribution in [0.15, 0.2) is 30.3 Å². The second-order valence-electron chi connectivity index (χ2n) is 4.01. The van der Waals surface area contributed by atoms with E-state index in [-0.39, 0.29) is 18.1 Å². The molecule has 0 spiro atoms. The van der Waals surface area contributed by atoms with E-state index in [1.807, 2.05) is 37.3 Å². The summed E-state index contributed by atoms with van der Waals surface area (Å²) in [5, 5.41) is 9.48. The van der Waals surface area contributed by atoms with Crippen LogP contribution in [0.1, 0.15) is 18.6 Å². The zero-order chi connectivity index (χ0) is 11.7. The Morgan fingerprint density at radius 1 is 1.31 bits per heavy atom. The van der Waals surface area contributed by atoms with Gasteiger partial charge in [0, 0.05) is 7.05 Å². The summed E-state index contributed by atoms with van der Waals surface area (Å²) in [6, 6.07) is 9.51. The number of hydrogen-bond donors (Lipinski definition) is 1. The molecule has 1 aromatic rings. The van der Waals surface area contributed by atoms with E-state index in [1.165, 1.54) is 4.90 Å². The molecule has 0 radical (unpaired) electrons. The number of benzene rings is 1. The van der Waals surface area contributed by atoms with Crippen LogP contribution in [0.5, 0.6) is 0 Å². The Morgan fingerprint density at radius 3 is 2.56 bits per heavy atom. The molecule has 1 aliphatic heterocycles. The molecule has 0 aliphatic carbocycles. The Labute approximate surface area is 94.4 Å². The summed E-state index contributed by atoms with van der Waals surface area (Å²) in [7, 11) is 1.68. The van der Waals surface area contributed by atoms with Crippen LogP contribution in [0.25, 0.3) is 0 Å². The fraction of sp³-hybridized carbons (Fsp3) is 0.417. The van der Waals surface area contributed by atoms with Gasteiger partial charge in [0.15, 0.2) is 0 Å². The SMILES string of the molecule is C[C@H]1[C@H](c2ccccc2)O[C@H](O)C(=O)N1C. The molecule has 2 rings (SSSR count). The molecular formula is C12H15NO3. The van der Waals surface area contributed by atoms with Crippen molar-refractivity contribution < 1.29 is 14.6 Å². The van der Waals surface area contributed by atoms with Crippen molar-refractivity contribution in [2.45, 2.75) is 25.4 Å². The average molecular weight is 221 g/mol. The van der Waals surface area contributed by atoms with Gasteiger partial charge in [0.1, 0.15) is 6.10 Å². The number of aliphatic hydroxyl groups excluding tert-OH is 1. The van der Waals surface area contributed by atoms with Gasteiger partial charge in [-0.3, -0.25) is 4.79 Å². The fourth-order valence-corrected chi connectivity index (χ4v) is 1.89. The molecule has 0 bridgehead atoms. The van der Waals surface area contributed by atoms with E-state index in [0.717, 1.165) is 5.56 Å². The van der Waals surface area contributed by atoms with Gasteiger partial charge in [-0.1, -0.05) is 30.3 Å². The average Bonchev–Trinajstić information content (AvgIpc) is 2.32. The lowest BCUT2D eigenvalue weighted by Crippen LogP contribution is -2.51. The standard InChI is InChI=1S/C12H15NO3/c1-8-10(9-6-4-3-5-7-9)16-12(15)11(14)13(8)2/h3-8,10,12,15H,1-2H3/t8-,10+,12-/m0/s1. The third kappa shape index (κ3) is 1.81. The lowest BCUT2D eigenvalue weighted by molar-refractivity contribution is -0.208. The molecular weight excluding hydrogens is 206 g/mol. The largest absolute Gasteiger partial charge is 0.360 e.